The van der Waals surface area contributed by atoms with Crippen LogP contribution in [0.2, 0.25) is 0 Å². The average Bonchev–Trinajstić information content (AvgIpc) is 3.00. The van der Waals surface area contributed by atoms with Crippen LogP contribution < -0.4 is 5.32 Å². The minimum Gasteiger partial charge on any atom is -0.477 e. The van der Waals surface area contributed by atoms with Gasteiger partial charge in [-0.25, -0.2) is 4.79 Å². The van der Waals surface area contributed by atoms with E-state index in [1.807, 2.05) is 6.92 Å². The smallest absolute Gasteiger partial charge is 0.353 e. The van der Waals surface area contributed by atoms with Gasteiger partial charge in [0.2, 0.25) is 6.10 Å². The van der Waals surface area contributed by atoms with Crippen molar-refractivity contribution < 1.29 is 19.5 Å². The van der Waals surface area contributed by atoms with Gasteiger partial charge in [-0.05, 0) is 25.7 Å². The van der Waals surface area contributed by atoms with Crippen LogP contribution in [0.25, 0.3) is 0 Å². The van der Waals surface area contributed by atoms with Crippen LogP contribution in [-0.2, 0) is 14.4 Å². The van der Waals surface area contributed by atoms with Crippen LogP contribution in [0.4, 0.5) is 0 Å². The van der Waals surface area contributed by atoms with Crippen molar-refractivity contribution in [3.63, 3.8) is 0 Å². The van der Waals surface area contributed by atoms with Crippen LogP contribution >= 0.6 is 0 Å². The van der Waals surface area contributed by atoms with Crippen molar-refractivity contribution in [2.24, 2.45) is 11.1 Å². The summed E-state index contributed by atoms with van der Waals surface area (Å²) in [5.41, 5.74) is -0.0938. The number of nitrogens with one attached hydrogen (secondary N) is 1. The third kappa shape index (κ3) is 2.80. The quantitative estimate of drug-likeness (QED) is 0.780. The molecule has 2 unspecified atom stereocenters. The molecule has 0 radical (unpaired) electrons. The van der Waals surface area contributed by atoms with E-state index in [2.05, 4.69) is 10.5 Å². The zero-order chi connectivity index (χ0) is 13.1. The van der Waals surface area contributed by atoms with Crippen molar-refractivity contribution in [2.45, 2.75) is 51.2 Å². The number of oxime groups is 1. The largest absolute Gasteiger partial charge is 0.477 e. The molecular weight excluding hydrogens is 236 g/mol. The van der Waals surface area contributed by atoms with Gasteiger partial charge in [-0.3, -0.25) is 4.79 Å². The number of carboxylic acid groups (broad SMARTS) is 1. The molecule has 1 amide bonds. The number of hydrogen-bond donors (Lipinski definition) is 2. The fraction of sp³-hybridized carbons (Fsp3) is 0.750. The first-order valence-corrected chi connectivity index (χ1v) is 6.34. The molecule has 6 heteroatoms. The van der Waals surface area contributed by atoms with Gasteiger partial charge in [0.25, 0.3) is 5.91 Å². The molecule has 0 saturated heterocycles. The zero-order valence-corrected chi connectivity index (χ0v) is 10.4. The van der Waals surface area contributed by atoms with Gasteiger partial charge in [-0.2, -0.15) is 0 Å². The van der Waals surface area contributed by atoms with Crippen LogP contribution in [-0.4, -0.2) is 34.8 Å². The Morgan fingerprint density at radius 3 is 2.67 bits per heavy atom. The Bertz CT molecular complexity index is 374. The SMILES string of the molecule is CC(NC(=O)C1CC(C(=O)O)=NO1)C1CCCC1. The van der Waals surface area contributed by atoms with Crippen LogP contribution in [0.5, 0.6) is 0 Å². The van der Waals surface area contributed by atoms with Gasteiger partial charge in [0, 0.05) is 12.5 Å². The molecule has 18 heavy (non-hydrogen) atoms. The van der Waals surface area contributed by atoms with Gasteiger partial charge >= 0.3 is 5.97 Å². The summed E-state index contributed by atoms with van der Waals surface area (Å²) in [5.74, 6) is -0.876. The maximum atomic E-state index is 11.9. The monoisotopic (exact) mass is 254 g/mol. The molecule has 2 atom stereocenters. The first kappa shape index (κ1) is 12.9. The molecule has 1 aliphatic heterocycles. The van der Waals surface area contributed by atoms with Crippen molar-refractivity contribution in [3.8, 4) is 0 Å². The minimum atomic E-state index is -1.13. The fourth-order valence-electron chi connectivity index (χ4n) is 2.54. The highest BCUT2D eigenvalue weighted by Gasteiger charge is 2.33. The summed E-state index contributed by atoms with van der Waals surface area (Å²) >= 11 is 0. The van der Waals surface area contributed by atoms with Crippen molar-refractivity contribution >= 4 is 17.6 Å². The van der Waals surface area contributed by atoms with E-state index in [0.717, 1.165) is 12.8 Å². The highest BCUT2D eigenvalue weighted by molar-refractivity contribution is 6.36. The average molecular weight is 254 g/mol. The van der Waals surface area contributed by atoms with Gasteiger partial charge in [0.1, 0.15) is 0 Å². The lowest BCUT2D eigenvalue weighted by atomic mass is 9.99. The third-order valence-electron chi connectivity index (χ3n) is 3.69. The number of carbonyl (C=O) groups excluding carboxylic acids is 1. The molecule has 0 aromatic carbocycles. The molecule has 1 aliphatic carbocycles. The third-order valence-corrected chi connectivity index (χ3v) is 3.69. The van der Waals surface area contributed by atoms with Crippen molar-refractivity contribution in [1.29, 1.82) is 0 Å². The maximum Gasteiger partial charge on any atom is 0.353 e. The van der Waals surface area contributed by atoms with E-state index in [0.29, 0.717) is 5.92 Å². The molecule has 100 valence electrons. The Kier molecular flexibility index (Phi) is 3.84. The van der Waals surface area contributed by atoms with Gasteiger partial charge in [-0.1, -0.05) is 18.0 Å². The standard InChI is InChI=1S/C12H18N2O4/c1-7(8-4-2-3-5-8)13-11(15)10-6-9(12(16)17)14-18-10/h7-8,10H,2-6H2,1H3,(H,13,15)(H,16,17). The fourth-order valence-corrected chi connectivity index (χ4v) is 2.54. The lowest BCUT2D eigenvalue weighted by Crippen LogP contribution is -2.43. The summed E-state index contributed by atoms with van der Waals surface area (Å²) in [4.78, 5) is 27.4. The molecule has 1 fully saturated rings. The number of carboxylic acids is 1. The summed E-state index contributed by atoms with van der Waals surface area (Å²) in [5, 5.41) is 15.0. The van der Waals surface area contributed by atoms with Crippen molar-refractivity contribution in [2.75, 3.05) is 0 Å². The second kappa shape index (κ2) is 5.37. The van der Waals surface area contributed by atoms with E-state index in [-0.39, 0.29) is 24.1 Å². The Morgan fingerprint density at radius 2 is 2.11 bits per heavy atom. The summed E-state index contributed by atoms with van der Waals surface area (Å²) in [7, 11) is 0. The Morgan fingerprint density at radius 1 is 1.44 bits per heavy atom. The number of amides is 1. The second-order valence-electron chi connectivity index (χ2n) is 4.98. The van der Waals surface area contributed by atoms with E-state index in [1.165, 1.54) is 12.8 Å². The molecule has 0 aromatic rings. The molecule has 6 nitrogen and oxygen atoms in total. The zero-order valence-electron chi connectivity index (χ0n) is 10.4. The van der Waals surface area contributed by atoms with Gasteiger partial charge < -0.3 is 15.3 Å². The van der Waals surface area contributed by atoms with E-state index >= 15 is 0 Å². The van der Waals surface area contributed by atoms with Crippen LogP contribution in [0, 0.1) is 5.92 Å². The van der Waals surface area contributed by atoms with Crippen LogP contribution in [0.1, 0.15) is 39.0 Å². The molecule has 1 heterocycles. The minimum absolute atomic E-state index is 0.0402. The molecule has 0 aromatic heterocycles. The molecule has 1 saturated carbocycles. The second-order valence-corrected chi connectivity index (χ2v) is 4.98. The summed E-state index contributed by atoms with van der Waals surface area (Å²) in [6.45, 7) is 1.99. The number of rotatable bonds is 4. The summed E-state index contributed by atoms with van der Waals surface area (Å²) in [6, 6.07) is 0.109. The Hall–Kier alpha value is -1.59. The normalized spacial score (nSPS) is 25.4. The van der Waals surface area contributed by atoms with Crippen LogP contribution in [0.3, 0.4) is 0 Å². The molecule has 2 aliphatic rings. The Balaban J connectivity index is 1.80. The Labute approximate surface area is 105 Å². The summed E-state index contributed by atoms with van der Waals surface area (Å²) in [6.07, 6.45) is 3.97. The topological polar surface area (TPSA) is 88.0 Å². The first-order chi connectivity index (χ1) is 8.58. The predicted octanol–water partition coefficient (Wildman–Crippen LogP) is 0.911. The van der Waals surface area contributed by atoms with Crippen molar-refractivity contribution in [3.05, 3.63) is 0 Å². The number of nitrogens with zero attached hydrogens (tertiary/aromatic N) is 1. The summed E-state index contributed by atoms with van der Waals surface area (Å²) < 4.78 is 0. The molecule has 0 bridgehead atoms. The number of carbonyl (C=O) groups is 2. The van der Waals surface area contributed by atoms with E-state index in [9.17, 15) is 9.59 Å². The highest BCUT2D eigenvalue weighted by Crippen LogP contribution is 2.27. The highest BCUT2D eigenvalue weighted by atomic mass is 16.6. The lowest BCUT2D eigenvalue weighted by Gasteiger charge is -2.21. The van der Waals surface area contributed by atoms with Gasteiger partial charge in [0.15, 0.2) is 5.71 Å². The lowest BCUT2D eigenvalue weighted by molar-refractivity contribution is -0.132. The molecule has 2 rings (SSSR count). The first-order valence-electron chi connectivity index (χ1n) is 6.34. The van der Waals surface area contributed by atoms with E-state index < -0.39 is 12.1 Å². The number of aliphatic carboxylic acids is 1. The maximum absolute atomic E-state index is 11.9. The predicted molar refractivity (Wildman–Crippen MR) is 64.1 cm³/mol. The van der Waals surface area contributed by atoms with Gasteiger partial charge in [0.05, 0.1) is 0 Å². The van der Waals surface area contributed by atoms with Crippen molar-refractivity contribution in [1.82, 2.24) is 5.32 Å². The molecule has 0 spiro atoms. The van der Waals surface area contributed by atoms with E-state index in [1.54, 1.807) is 0 Å². The molecule has 2 N–H and O–H groups in total. The molecular formula is C12H18N2O4. The van der Waals surface area contributed by atoms with Gasteiger partial charge in [-0.15, -0.1) is 0 Å². The number of hydrogen-bond acceptors (Lipinski definition) is 4. The van der Waals surface area contributed by atoms with Crippen LogP contribution in [0.15, 0.2) is 5.16 Å². The van der Waals surface area contributed by atoms with E-state index in [4.69, 9.17) is 9.94 Å².